The van der Waals surface area contributed by atoms with E-state index in [9.17, 15) is 0 Å². The average Bonchev–Trinajstić information content (AvgIpc) is 1.52. The third-order valence-corrected chi connectivity index (χ3v) is 20.0. The van der Waals surface area contributed by atoms with Crippen molar-refractivity contribution in [2.75, 3.05) is 9.80 Å². The van der Waals surface area contributed by atoms with Crippen LogP contribution in [0.1, 0.15) is 117 Å². The van der Waals surface area contributed by atoms with Crippen molar-refractivity contribution < 1.29 is 0 Å². The SMILES string of the molecule is Cc1cccc(N(c2cccc(C)c2)c2ccc3c(c2)C(C)(C)c2cc(C=Cc4ccc5c(c4)C4(c6ccccc6-c6ccccc64)c4cc(C=Cc6ccc7c(c6)C(C)(C)c6cc(N(c8cccc(C)c8)c8cccc(C)c8)ccc6-7)ccc4-5)ccc2-3)c1. The second-order valence-electron chi connectivity index (χ2n) is 26.5. The number of aryl methyl sites for hydroxylation is 4. The lowest BCUT2D eigenvalue weighted by atomic mass is 9.70. The Hall–Kier alpha value is -10.3. The van der Waals surface area contributed by atoms with Crippen molar-refractivity contribution in [3.63, 3.8) is 0 Å². The molecule has 0 bridgehead atoms. The third kappa shape index (κ3) is 8.59. The molecule has 0 amide bonds. The molecule has 0 heterocycles. The highest BCUT2D eigenvalue weighted by molar-refractivity contribution is 5.97. The van der Waals surface area contributed by atoms with Crippen LogP contribution < -0.4 is 9.80 Å². The zero-order valence-electron chi connectivity index (χ0n) is 52.0. The van der Waals surface area contributed by atoms with Gasteiger partial charge in [-0.3, -0.25) is 0 Å². The van der Waals surface area contributed by atoms with Gasteiger partial charge in [0.15, 0.2) is 0 Å². The summed E-state index contributed by atoms with van der Waals surface area (Å²) in [5.74, 6) is 0. The first-order chi connectivity index (χ1) is 43.2. The standard InChI is InChI=1S/C87H70N2/c1-55-17-13-21-63(45-55)88(64-22-14-18-56(2)46-64)67-37-43-73-71-39-33-59(49-79(71)85(5,6)81(73)53-67)29-31-61-35-41-75-76-42-36-62(52-84(76)87(83(75)51-61)77-27-11-9-25-69(77)70-26-10-12-28-78(70)87)32-30-60-34-40-72-74-44-38-68(54-82(74)86(7,8)80(72)50-60)89(65-23-15-19-57(3)47-65)66-24-16-20-58(4)48-66/h9-54H,1-8H3. The first-order valence-corrected chi connectivity index (χ1v) is 31.5. The molecule has 0 saturated carbocycles. The molecule has 2 nitrogen and oxygen atoms in total. The van der Waals surface area contributed by atoms with Gasteiger partial charge in [0.05, 0.1) is 5.41 Å². The van der Waals surface area contributed by atoms with Gasteiger partial charge in [0, 0.05) is 45.0 Å². The van der Waals surface area contributed by atoms with Gasteiger partial charge in [-0.25, -0.2) is 0 Å². The Balaban J connectivity index is 0.720. The molecule has 89 heavy (non-hydrogen) atoms. The predicted octanol–water partition coefficient (Wildman–Crippen LogP) is 23.2. The molecule has 0 radical (unpaired) electrons. The van der Waals surface area contributed by atoms with Crippen molar-refractivity contribution >= 4 is 58.4 Å². The maximum absolute atomic E-state index is 2.49. The van der Waals surface area contributed by atoms with E-state index in [-0.39, 0.29) is 10.8 Å². The van der Waals surface area contributed by atoms with Crippen LogP contribution in [0.3, 0.4) is 0 Å². The van der Waals surface area contributed by atoms with Crippen LogP contribution >= 0.6 is 0 Å². The van der Waals surface area contributed by atoms with E-state index in [0.717, 1.165) is 22.7 Å². The highest BCUT2D eigenvalue weighted by atomic mass is 15.1. The Kier molecular flexibility index (Phi) is 12.4. The fourth-order valence-corrected chi connectivity index (χ4v) is 15.7. The van der Waals surface area contributed by atoms with Crippen molar-refractivity contribution in [3.05, 3.63) is 344 Å². The second-order valence-corrected chi connectivity index (χ2v) is 26.5. The summed E-state index contributed by atoms with van der Waals surface area (Å²) in [5.41, 5.74) is 37.0. The van der Waals surface area contributed by atoms with Crippen LogP contribution in [0.2, 0.25) is 0 Å². The Labute approximate surface area is 525 Å². The van der Waals surface area contributed by atoms with Crippen LogP contribution in [0.5, 0.6) is 0 Å². The largest absolute Gasteiger partial charge is 0.310 e. The van der Waals surface area contributed by atoms with Crippen LogP contribution in [0.25, 0.3) is 68.8 Å². The lowest BCUT2D eigenvalue weighted by Crippen LogP contribution is -2.26. The minimum absolute atomic E-state index is 0.206. The van der Waals surface area contributed by atoms with E-state index in [4.69, 9.17) is 0 Å². The van der Waals surface area contributed by atoms with Crippen molar-refractivity contribution in [1.29, 1.82) is 0 Å². The van der Waals surface area contributed by atoms with E-state index in [2.05, 4.69) is 344 Å². The monoisotopic (exact) mass is 1140 g/mol. The minimum atomic E-state index is -0.488. The number of benzene rings is 12. The molecule has 16 rings (SSSR count). The fourth-order valence-electron chi connectivity index (χ4n) is 15.7. The zero-order chi connectivity index (χ0) is 60.5. The van der Waals surface area contributed by atoms with Gasteiger partial charge in [0.1, 0.15) is 0 Å². The third-order valence-electron chi connectivity index (χ3n) is 20.0. The van der Waals surface area contributed by atoms with Gasteiger partial charge >= 0.3 is 0 Å². The summed E-state index contributed by atoms with van der Waals surface area (Å²) < 4.78 is 0. The van der Waals surface area contributed by atoms with Gasteiger partial charge in [-0.1, -0.05) is 222 Å². The van der Waals surface area contributed by atoms with E-state index in [1.807, 2.05) is 0 Å². The van der Waals surface area contributed by atoms with E-state index >= 15 is 0 Å². The van der Waals surface area contributed by atoms with Crippen LogP contribution in [-0.2, 0) is 16.2 Å². The molecular weight excluding hydrogens is 1070 g/mol. The summed E-state index contributed by atoms with van der Waals surface area (Å²) in [7, 11) is 0. The minimum Gasteiger partial charge on any atom is -0.310 e. The quantitative estimate of drug-likeness (QED) is 0.126. The Bertz CT molecular complexity index is 4580. The summed E-state index contributed by atoms with van der Waals surface area (Å²) in [5, 5.41) is 0. The van der Waals surface area contributed by atoms with Crippen LogP contribution in [0.15, 0.2) is 255 Å². The number of anilines is 6. The fraction of sp³-hybridized carbons (Fsp3) is 0.126. The normalized spacial score (nSPS) is 14.5. The smallest absolute Gasteiger partial charge is 0.0725 e. The lowest BCUT2D eigenvalue weighted by molar-refractivity contribution is 0.660. The van der Waals surface area contributed by atoms with Crippen molar-refractivity contribution in [1.82, 2.24) is 0 Å². The van der Waals surface area contributed by atoms with Gasteiger partial charge < -0.3 is 9.80 Å². The number of hydrogen-bond acceptors (Lipinski definition) is 2. The van der Waals surface area contributed by atoms with Crippen molar-refractivity contribution in [2.24, 2.45) is 0 Å². The summed E-state index contributed by atoms with van der Waals surface area (Å²) in [6, 6.07) is 96.3. The molecule has 4 aliphatic rings. The summed E-state index contributed by atoms with van der Waals surface area (Å²) in [6.45, 7) is 18.3. The molecule has 0 saturated heterocycles. The average molecular weight is 1140 g/mol. The molecule has 0 atom stereocenters. The molecule has 0 unspecified atom stereocenters. The number of fused-ring (bicyclic) bond motifs is 16. The Morgan fingerprint density at radius 2 is 0.483 bits per heavy atom. The molecule has 0 aromatic heterocycles. The molecular formula is C87H70N2. The number of nitrogens with zero attached hydrogens (tertiary/aromatic N) is 2. The molecule has 2 heteroatoms. The van der Waals surface area contributed by atoms with E-state index < -0.39 is 5.41 Å². The van der Waals surface area contributed by atoms with Gasteiger partial charge in [-0.05, 0) is 246 Å². The molecule has 0 aliphatic heterocycles. The highest BCUT2D eigenvalue weighted by Gasteiger charge is 2.52. The first kappa shape index (κ1) is 54.1. The zero-order valence-corrected chi connectivity index (χ0v) is 52.0. The molecule has 12 aromatic rings. The van der Waals surface area contributed by atoms with E-state index in [0.29, 0.717) is 0 Å². The molecule has 12 aromatic carbocycles. The number of hydrogen-bond donors (Lipinski definition) is 0. The lowest BCUT2D eigenvalue weighted by Gasteiger charge is -2.30. The van der Waals surface area contributed by atoms with Crippen molar-refractivity contribution in [3.8, 4) is 44.5 Å². The van der Waals surface area contributed by atoms with Crippen molar-refractivity contribution in [2.45, 2.75) is 71.6 Å². The van der Waals surface area contributed by atoms with Crippen LogP contribution in [0.4, 0.5) is 34.1 Å². The van der Waals surface area contributed by atoms with Crippen LogP contribution in [-0.4, -0.2) is 0 Å². The maximum atomic E-state index is 2.49. The van der Waals surface area contributed by atoms with Gasteiger partial charge in [0.2, 0.25) is 0 Å². The van der Waals surface area contributed by atoms with Gasteiger partial charge in [-0.15, -0.1) is 0 Å². The molecule has 4 aliphatic carbocycles. The highest BCUT2D eigenvalue weighted by Crippen LogP contribution is 2.63. The molecule has 0 N–H and O–H groups in total. The molecule has 0 fully saturated rings. The van der Waals surface area contributed by atoms with Crippen LogP contribution in [0, 0.1) is 27.7 Å². The first-order valence-electron chi connectivity index (χ1n) is 31.5. The molecule has 428 valence electrons. The number of rotatable bonds is 10. The molecule has 1 spiro atoms. The summed E-state index contributed by atoms with van der Waals surface area (Å²) in [4.78, 5) is 4.81. The predicted molar refractivity (Wildman–Crippen MR) is 377 cm³/mol. The Morgan fingerprint density at radius 3 is 0.809 bits per heavy atom. The van der Waals surface area contributed by atoms with E-state index in [1.54, 1.807) is 0 Å². The maximum Gasteiger partial charge on any atom is 0.0725 e. The topological polar surface area (TPSA) is 6.48 Å². The van der Waals surface area contributed by atoms with Gasteiger partial charge in [0.25, 0.3) is 0 Å². The van der Waals surface area contributed by atoms with E-state index in [1.165, 1.54) is 145 Å². The summed E-state index contributed by atoms with van der Waals surface area (Å²) in [6.07, 6.45) is 9.30. The summed E-state index contributed by atoms with van der Waals surface area (Å²) >= 11 is 0. The second kappa shape index (κ2) is 20.4. The Morgan fingerprint density at radius 1 is 0.225 bits per heavy atom. The van der Waals surface area contributed by atoms with Gasteiger partial charge in [-0.2, -0.15) is 0 Å².